The molecule has 0 saturated carbocycles. The van der Waals surface area contributed by atoms with Gasteiger partial charge in [0.15, 0.2) is 11.5 Å². The van der Waals surface area contributed by atoms with Crippen LogP contribution in [0.25, 0.3) is 0 Å². The Hall–Kier alpha value is -2.63. The lowest BCUT2D eigenvalue weighted by atomic mass is 10.0. The van der Waals surface area contributed by atoms with Crippen LogP contribution in [-0.4, -0.2) is 26.2 Å². The first kappa shape index (κ1) is 16.2. The minimum atomic E-state index is -3.04. The van der Waals surface area contributed by atoms with E-state index in [1.54, 1.807) is 11.0 Å². The number of anilines is 1. The van der Waals surface area contributed by atoms with Gasteiger partial charge in [0.2, 0.25) is 0 Å². The second kappa shape index (κ2) is 6.86. The molecular weight excluding hydrogens is 316 g/mol. The van der Waals surface area contributed by atoms with Gasteiger partial charge in [-0.25, -0.2) is 0 Å². The third-order valence-electron chi connectivity index (χ3n) is 3.99. The molecule has 0 radical (unpaired) electrons. The Morgan fingerprint density at radius 1 is 1.17 bits per heavy atom. The highest BCUT2D eigenvalue weighted by atomic mass is 19.3. The van der Waals surface area contributed by atoms with Gasteiger partial charge in [0, 0.05) is 12.2 Å². The average molecular weight is 333 g/mol. The maximum absolute atomic E-state index is 13.0. The average Bonchev–Trinajstić information content (AvgIpc) is 2.60. The summed E-state index contributed by atoms with van der Waals surface area (Å²) in [6, 6.07) is 12.1. The van der Waals surface area contributed by atoms with Crippen LogP contribution in [-0.2, 0) is 6.42 Å². The van der Waals surface area contributed by atoms with Gasteiger partial charge in [-0.15, -0.1) is 0 Å². The van der Waals surface area contributed by atoms with Crippen molar-refractivity contribution in [3.8, 4) is 11.5 Å². The molecule has 0 atom stereocenters. The largest absolute Gasteiger partial charge is 0.493 e. The maximum atomic E-state index is 13.0. The lowest BCUT2D eigenvalue weighted by Gasteiger charge is -2.30. The highest BCUT2D eigenvalue weighted by Crippen LogP contribution is 2.35. The number of fused-ring (bicyclic) bond motifs is 1. The summed E-state index contributed by atoms with van der Waals surface area (Å²) in [5.74, 6) is -0.508. The van der Waals surface area contributed by atoms with Gasteiger partial charge in [-0.05, 0) is 36.6 Å². The summed E-state index contributed by atoms with van der Waals surface area (Å²) in [5.41, 5.74) is 1.93. The Balaban J connectivity index is 2.02. The lowest BCUT2D eigenvalue weighted by Crippen LogP contribution is -2.35. The number of para-hydroxylation sites is 2. The molecule has 0 aliphatic carbocycles. The summed E-state index contributed by atoms with van der Waals surface area (Å²) >= 11 is 0. The third-order valence-corrected chi connectivity index (χ3v) is 3.99. The molecule has 6 heteroatoms. The van der Waals surface area contributed by atoms with Crippen molar-refractivity contribution in [1.82, 2.24) is 0 Å². The molecule has 1 amide bonds. The molecule has 0 spiro atoms. The molecule has 1 heterocycles. The summed E-state index contributed by atoms with van der Waals surface area (Å²) in [6.07, 6.45) is 1.70. The van der Waals surface area contributed by atoms with Gasteiger partial charge in [0.1, 0.15) is 0 Å². The van der Waals surface area contributed by atoms with Crippen LogP contribution in [0.5, 0.6) is 11.5 Å². The van der Waals surface area contributed by atoms with Crippen molar-refractivity contribution in [3.63, 3.8) is 0 Å². The first-order valence-corrected chi connectivity index (χ1v) is 7.63. The molecule has 2 aromatic rings. The number of alkyl halides is 2. The SMILES string of the molecule is COc1cccc(C(=O)N2CCCc3ccccc32)c1OC(F)F. The third kappa shape index (κ3) is 3.04. The molecule has 3 rings (SSSR count). The second-order valence-corrected chi connectivity index (χ2v) is 5.40. The fraction of sp³-hybridized carbons (Fsp3) is 0.278. The van der Waals surface area contributed by atoms with E-state index in [1.807, 2.05) is 24.3 Å². The van der Waals surface area contributed by atoms with Crippen LogP contribution in [0.2, 0.25) is 0 Å². The predicted octanol–water partition coefficient (Wildman–Crippen LogP) is 3.89. The number of aryl methyl sites for hydroxylation is 1. The number of hydrogen-bond donors (Lipinski definition) is 0. The van der Waals surface area contributed by atoms with Crippen molar-refractivity contribution >= 4 is 11.6 Å². The van der Waals surface area contributed by atoms with Gasteiger partial charge in [0.05, 0.1) is 12.7 Å². The molecule has 24 heavy (non-hydrogen) atoms. The van der Waals surface area contributed by atoms with Gasteiger partial charge < -0.3 is 14.4 Å². The van der Waals surface area contributed by atoms with E-state index < -0.39 is 6.61 Å². The fourth-order valence-electron chi connectivity index (χ4n) is 2.95. The Kier molecular flexibility index (Phi) is 4.64. The van der Waals surface area contributed by atoms with Crippen LogP contribution < -0.4 is 14.4 Å². The number of nitrogens with zero attached hydrogens (tertiary/aromatic N) is 1. The standard InChI is InChI=1S/C18H17F2NO3/c1-23-15-10-4-8-13(16(15)24-18(19)20)17(22)21-11-5-7-12-6-2-3-9-14(12)21/h2-4,6,8-10,18H,5,7,11H2,1H3. The normalized spacial score (nSPS) is 13.6. The van der Waals surface area contributed by atoms with E-state index in [4.69, 9.17) is 4.74 Å². The van der Waals surface area contributed by atoms with Crippen molar-refractivity contribution in [2.45, 2.75) is 19.5 Å². The van der Waals surface area contributed by atoms with Gasteiger partial charge in [0.25, 0.3) is 5.91 Å². The number of halogens is 2. The van der Waals surface area contributed by atoms with Gasteiger partial charge in [-0.1, -0.05) is 24.3 Å². The molecular formula is C18H17F2NO3. The van der Waals surface area contributed by atoms with E-state index >= 15 is 0 Å². The van der Waals surface area contributed by atoms with Gasteiger partial charge >= 0.3 is 6.61 Å². The number of benzene rings is 2. The Bertz CT molecular complexity index is 749. The molecule has 0 saturated heterocycles. The molecule has 1 aliphatic rings. The quantitative estimate of drug-likeness (QED) is 0.852. The van der Waals surface area contributed by atoms with Crippen LogP contribution in [0.3, 0.4) is 0 Å². The molecule has 4 nitrogen and oxygen atoms in total. The highest BCUT2D eigenvalue weighted by molar-refractivity contribution is 6.09. The topological polar surface area (TPSA) is 38.8 Å². The van der Waals surface area contributed by atoms with E-state index in [0.717, 1.165) is 24.1 Å². The molecule has 0 unspecified atom stereocenters. The summed E-state index contributed by atoms with van der Waals surface area (Å²) in [6.45, 7) is -2.51. The zero-order chi connectivity index (χ0) is 17.1. The van der Waals surface area contributed by atoms with Gasteiger partial charge in [-0.3, -0.25) is 4.79 Å². The molecule has 1 aliphatic heterocycles. The van der Waals surface area contributed by atoms with Crippen LogP contribution in [0.15, 0.2) is 42.5 Å². The number of hydrogen-bond acceptors (Lipinski definition) is 3. The van der Waals surface area contributed by atoms with Crippen molar-refractivity contribution in [2.75, 3.05) is 18.6 Å². The summed E-state index contributed by atoms with van der Waals surface area (Å²) in [7, 11) is 1.35. The van der Waals surface area contributed by atoms with Crippen molar-refractivity contribution in [1.29, 1.82) is 0 Å². The minimum Gasteiger partial charge on any atom is -0.493 e. The van der Waals surface area contributed by atoms with Crippen molar-refractivity contribution in [2.24, 2.45) is 0 Å². The second-order valence-electron chi connectivity index (χ2n) is 5.40. The van der Waals surface area contributed by atoms with E-state index in [0.29, 0.717) is 6.54 Å². The maximum Gasteiger partial charge on any atom is 0.387 e. The monoisotopic (exact) mass is 333 g/mol. The van der Waals surface area contributed by atoms with E-state index in [-0.39, 0.29) is 23.0 Å². The van der Waals surface area contributed by atoms with Crippen LogP contribution >= 0.6 is 0 Å². The molecule has 0 bridgehead atoms. The summed E-state index contributed by atoms with van der Waals surface area (Å²) in [5, 5.41) is 0. The van der Waals surface area contributed by atoms with E-state index in [2.05, 4.69) is 4.74 Å². The number of carbonyl (C=O) groups is 1. The zero-order valence-electron chi connectivity index (χ0n) is 13.2. The van der Waals surface area contributed by atoms with Crippen molar-refractivity contribution < 1.29 is 23.0 Å². The minimum absolute atomic E-state index is 0.0614. The smallest absolute Gasteiger partial charge is 0.387 e. The Morgan fingerprint density at radius 3 is 2.71 bits per heavy atom. The Morgan fingerprint density at radius 2 is 1.96 bits per heavy atom. The number of amides is 1. The predicted molar refractivity (Wildman–Crippen MR) is 86.1 cm³/mol. The number of carbonyl (C=O) groups excluding carboxylic acids is 1. The molecule has 0 N–H and O–H groups in total. The summed E-state index contributed by atoms with van der Waals surface area (Å²) in [4.78, 5) is 14.6. The zero-order valence-corrected chi connectivity index (χ0v) is 13.2. The Labute approximate surface area is 138 Å². The number of methoxy groups -OCH3 is 1. The number of ether oxygens (including phenoxy) is 2. The van der Waals surface area contributed by atoms with Crippen LogP contribution in [0.1, 0.15) is 22.3 Å². The van der Waals surface area contributed by atoms with E-state index in [9.17, 15) is 13.6 Å². The summed E-state index contributed by atoms with van der Waals surface area (Å²) < 4.78 is 35.1. The number of rotatable bonds is 4. The van der Waals surface area contributed by atoms with Crippen LogP contribution in [0.4, 0.5) is 14.5 Å². The van der Waals surface area contributed by atoms with Crippen LogP contribution in [0, 0.1) is 0 Å². The first-order valence-electron chi connectivity index (χ1n) is 7.63. The molecule has 2 aromatic carbocycles. The lowest BCUT2D eigenvalue weighted by molar-refractivity contribution is -0.0515. The molecule has 0 fully saturated rings. The highest BCUT2D eigenvalue weighted by Gasteiger charge is 2.27. The molecule has 0 aromatic heterocycles. The first-order chi connectivity index (χ1) is 11.6. The fourth-order valence-corrected chi connectivity index (χ4v) is 2.95. The van der Waals surface area contributed by atoms with Crippen molar-refractivity contribution in [3.05, 3.63) is 53.6 Å². The van der Waals surface area contributed by atoms with Gasteiger partial charge in [-0.2, -0.15) is 8.78 Å². The van der Waals surface area contributed by atoms with E-state index in [1.165, 1.54) is 19.2 Å². The molecule has 126 valence electrons.